The third-order valence-corrected chi connectivity index (χ3v) is 1.07. The predicted octanol–water partition coefficient (Wildman–Crippen LogP) is 0.882. The van der Waals surface area contributed by atoms with E-state index in [9.17, 15) is 4.79 Å². The van der Waals surface area contributed by atoms with Crippen LogP contribution in [0.5, 0.6) is 0 Å². The third kappa shape index (κ3) is 2.33. The van der Waals surface area contributed by atoms with Crippen LogP contribution in [0.25, 0.3) is 0 Å². The monoisotopic (exact) mass is 151 g/mol. The van der Waals surface area contributed by atoms with Crippen LogP contribution in [0.3, 0.4) is 0 Å². The summed E-state index contributed by atoms with van der Waals surface area (Å²) < 4.78 is 0. The van der Waals surface area contributed by atoms with Gasteiger partial charge in [0.15, 0.2) is 0 Å². The highest BCUT2D eigenvalue weighted by Gasteiger charge is 1.86. The molecule has 0 aromatic carbocycles. The van der Waals surface area contributed by atoms with Crippen LogP contribution in [0.15, 0.2) is 22.1 Å². The number of rotatable bonds is 2. The standard InChI is InChI=1S/C7H9N3O/c1-2-4-8-6-3-5-9-7(11)10-6/h3-5H,2H2,1H3,(H,9,10,11)/b8-4+. The van der Waals surface area contributed by atoms with E-state index in [1.165, 1.54) is 6.20 Å². The lowest BCUT2D eigenvalue weighted by atomic mass is 10.5. The molecule has 11 heavy (non-hydrogen) atoms. The maximum Gasteiger partial charge on any atom is 0.346 e. The van der Waals surface area contributed by atoms with Gasteiger partial charge in [0.25, 0.3) is 0 Å². The van der Waals surface area contributed by atoms with Crippen molar-refractivity contribution in [3.63, 3.8) is 0 Å². The van der Waals surface area contributed by atoms with E-state index in [4.69, 9.17) is 0 Å². The Labute approximate surface area is 64.0 Å². The highest BCUT2D eigenvalue weighted by molar-refractivity contribution is 5.60. The van der Waals surface area contributed by atoms with E-state index in [1.54, 1.807) is 12.3 Å². The van der Waals surface area contributed by atoms with Crippen molar-refractivity contribution < 1.29 is 0 Å². The summed E-state index contributed by atoms with van der Waals surface area (Å²) in [5.41, 5.74) is -0.365. The summed E-state index contributed by atoms with van der Waals surface area (Å²) in [6.07, 6.45) is 4.01. The molecule has 1 rings (SSSR count). The molecule has 0 amide bonds. The highest BCUT2D eigenvalue weighted by atomic mass is 16.1. The number of hydrogen-bond donors (Lipinski definition) is 1. The first-order valence-corrected chi connectivity index (χ1v) is 3.41. The number of hydrogen-bond acceptors (Lipinski definition) is 3. The van der Waals surface area contributed by atoms with E-state index in [2.05, 4.69) is 15.0 Å². The molecule has 4 heteroatoms. The van der Waals surface area contributed by atoms with Crippen LogP contribution in [-0.2, 0) is 0 Å². The minimum atomic E-state index is -0.365. The molecule has 1 aromatic heterocycles. The smallest absolute Gasteiger partial charge is 0.290 e. The SMILES string of the molecule is CC/C=N/c1ccnc(=O)[nH]1. The number of H-pyrrole nitrogens is 1. The van der Waals surface area contributed by atoms with Gasteiger partial charge in [-0.2, -0.15) is 0 Å². The largest absolute Gasteiger partial charge is 0.346 e. The number of aromatic nitrogens is 2. The second kappa shape index (κ2) is 3.65. The molecule has 0 unspecified atom stereocenters. The first-order chi connectivity index (χ1) is 5.33. The molecular formula is C7H9N3O. The van der Waals surface area contributed by atoms with Crippen LogP contribution >= 0.6 is 0 Å². The quantitative estimate of drug-likeness (QED) is 0.638. The molecule has 1 heterocycles. The first kappa shape index (κ1) is 7.65. The van der Waals surface area contributed by atoms with Crippen molar-refractivity contribution >= 4 is 12.0 Å². The second-order valence-corrected chi connectivity index (χ2v) is 1.98. The molecule has 0 atom stereocenters. The zero-order valence-corrected chi connectivity index (χ0v) is 6.24. The van der Waals surface area contributed by atoms with Crippen molar-refractivity contribution in [1.29, 1.82) is 0 Å². The molecule has 4 nitrogen and oxygen atoms in total. The minimum Gasteiger partial charge on any atom is -0.290 e. The molecule has 0 fully saturated rings. The molecule has 0 aliphatic rings. The molecule has 0 spiro atoms. The maximum atomic E-state index is 10.6. The van der Waals surface area contributed by atoms with Gasteiger partial charge in [-0.1, -0.05) is 6.92 Å². The summed E-state index contributed by atoms with van der Waals surface area (Å²) in [5.74, 6) is 0.548. The van der Waals surface area contributed by atoms with Gasteiger partial charge in [0.2, 0.25) is 0 Å². The third-order valence-electron chi connectivity index (χ3n) is 1.07. The van der Waals surface area contributed by atoms with Crippen molar-refractivity contribution in [3.05, 3.63) is 22.7 Å². The zero-order valence-electron chi connectivity index (χ0n) is 6.24. The van der Waals surface area contributed by atoms with Crippen LogP contribution < -0.4 is 5.69 Å². The van der Waals surface area contributed by atoms with Crippen LogP contribution in [0.4, 0.5) is 5.82 Å². The van der Waals surface area contributed by atoms with Gasteiger partial charge < -0.3 is 0 Å². The Kier molecular flexibility index (Phi) is 2.54. The Morgan fingerprint density at radius 3 is 3.27 bits per heavy atom. The van der Waals surface area contributed by atoms with Gasteiger partial charge in [0.05, 0.1) is 0 Å². The normalized spacial score (nSPS) is 10.6. The number of nitrogens with zero attached hydrogens (tertiary/aromatic N) is 2. The van der Waals surface area contributed by atoms with Gasteiger partial charge in [-0.3, -0.25) is 4.98 Å². The second-order valence-electron chi connectivity index (χ2n) is 1.98. The molecule has 1 aromatic rings. The molecular weight excluding hydrogens is 142 g/mol. The predicted molar refractivity (Wildman–Crippen MR) is 43.3 cm³/mol. The van der Waals surface area contributed by atoms with E-state index in [1.807, 2.05) is 6.92 Å². The topological polar surface area (TPSA) is 58.1 Å². The van der Waals surface area contributed by atoms with E-state index in [0.717, 1.165) is 6.42 Å². The fraction of sp³-hybridized carbons (Fsp3) is 0.286. The van der Waals surface area contributed by atoms with Crippen LogP contribution in [-0.4, -0.2) is 16.2 Å². The summed E-state index contributed by atoms with van der Waals surface area (Å²) in [5, 5.41) is 0. The van der Waals surface area contributed by atoms with E-state index < -0.39 is 0 Å². The molecule has 0 radical (unpaired) electrons. The van der Waals surface area contributed by atoms with Gasteiger partial charge in [-0.15, -0.1) is 0 Å². The number of aromatic amines is 1. The average molecular weight is 151 g/mol. The molecule has 0 aliphatic carbocycles. The first-order valence-electron chi connectivity index (χ1n) is 3.41. The van der Waals surface area contributed by atoms with Crippen molar-refractivity contribution in [2.75, 3.05) is 0 Å². The minimum absolute atomic E-state index is 0.365. The van der Waals surface area contributed by atoms with Gasteiger partial charge in [-0.05, 0) is 12.5 Å². The lowest BCUT2D eigenvalue weighted by Crippen LogP contribution is -2.07. The summed E-state index contributed by atoms with van der Waals surface area (Å²) >= 11 is 0. The fourth-order valence-corrected chi connectivity index (χ4v) is 0.624. The Morgan fingerprint density at radius 2 is 2.64 bits per heavy atom. The van der Waals surface area contributed by atoms with Crippen molar-refractivity contribution in [2.24, 2.45) is 4.99 Å². The van der Waals surface area contributed by atoms with Crippen LogP contribution in [0.2, 0.25) is 0 Å². The molecule has 0 bridgehead atoms. The highest BCUT2D eigenvalue weighted by Crippen LogP contribution is 1.99. The summed E-state index contributed by atoms with van der Waals surface area (Å²) in [6, 6.07) is 1.65. The lowest BCUT2D eigenvalue weighted by Gasteiger charge is -1.88. The van der Waals surface area contributed by atoms with E-state index in [-0.39, 0.29) is 5.69 Å². The van der Waals surface area contributed by atoms with Crippen molar-refractivity contribution in [1.82, 2.24) is 9.97 Å². The van der Waals surface area contributed by atoms with Crippen LogP contribution in [0, 0.1) is 0 Å². The van der Waals surface area contributed by atoms with Gasteiger partial charge >= 0.3 is 5.69 Å². The van der Waals surface area contributed by atoms with Crippen molar-refractivity contribution in [3.8, 4) is 0 Å². The Morgan fingerprint density at radius 1 is 1.82 bits per heavy atom. The Hall–Kier alpha value is -1.45. The van der Waals surface area contributed by atoms with Gasteiger partial charge in [-0.25, -0.2) is 14.8 Å². The van der Waals surface area contributed by atoms with Crippen LogP contribution in [0.1, 0.15) is 13.3 Å². The Bertz CT molecular complexity index is 303. The molecule has 0 saturated carbocycles. The molecule has 58 valence electrons. The fourth-order valence-electron chi connectivity index (χ4n) is 0.624. The summed E-state index contributed by atoms with van der Waals surface area (Å²) in [7, 11) is 0. The molecule has 0 aliphatic heterocycles. The maximum absolute atomic E-state index is 10.6. The number of nitrogens with one attached hydrogen (secondary N) is 1. The molecule has 0 saturated heterocycles. The number of aliphatic imine (C=N–C) groups is 1. The average Bonchev–Trinajstić information content (AvgIpc) is 2.01. The molecule has 1 N–H and O–H groups in total. The Balaban J connectivity index is 2.88. The van der Waals surface area contributed by atoms with E-state index >= 15 is 0 Å². The van der Waals surface area contributed by atoms with E-state index in [0.29, 0.717) is 5.82 Å². The zero-order chi connectivity index (χ0) is 8.10. The van der Waals surface area contributed by atoms with Gasteiger partial charge in [0, 0.05) is 12.4 Å². The summed E-state index contributed by atoms with van der Waals surface area (Å²) in [4.78, 5) is 20.5. The lowest BCUT2D eigenvalue weighted by molar-refractivity contribution is 1.07. The van der Waals surface area contributed by atoms with Gasteiger partial charge in [0.1, 0.15) is 5.82 Å². The summed E-state index contributed by atoms with van der Waals surface area (Å²) in [6.45, 7) is 1.97. The van der Waals surface area contributed by atoms with Crippen molar-refractivity contribution in [2.45, 2.75) is 13.3 Å².